The minimum Gasteiger partial charge on any atom is -0.311 e. The fourth-order valence-corrected chi connectivity index (χ4v) is 2.81. The molecule has 1 aliphatic rings. The summed E-state index contributed by atoms with van der Waals surface area (Å²) in [5.74, 6) is -0.253. The summed E-state index contributed by atoms with van der Waals surface area (Å²) in [6, 6.07) is 8.56. The maximum atomic E-state index is 12.7. The summed E-state index contributed by atoms with van der Waals surface area (Å²) in [5, 5.41) is 3.52. The molecule has 0 N–H and O–H groups in total. The minimum absolute atomic E-state index is 0.198. The molecule has 2 aromatic rings. The van der Waals surface area contributed by atoms with Gasteiger partial charge < -0.3 is 4.90 Å². The highest BCUT2D eigenvalue weighted by Gasteiger charge is 2.34. The van der Waals surface area contributed by atoms with Crippen molar-refractivity contribution in [3.63, 3.8) is 0 Å². The summed E-state index contributed by atoms with van der Waals surface area (Å²) in [6.45, 7) is 1.89. The molecule has 1 amide bonds. The maximum Gasteiger partial charge on any atom is 0.435 e. The van der Waals surface area contributed by atoms with Crippen molar-refractivity contribution in [2.45, 2.75) is 32.5 Å². The first-order valence-corrected chi connectivity index (χ1v) is 7.36. The number of rotatable bonds is 2. The van der Waals surface area contributed by atoms with Crippen LogP contribution >= 0.6 is 0 Å². The van der Waals surface area contributed by atoms with Gasteiger partial charge in [-0.25, -0.2) is 0 Å². The number of alkyl halides is 3. The fourth-order valence-electron chi connectivity index (χ4n) is 2.81. The molecular formula is C16H16F3N3O. The Labute approximate surface area is 131 Å². The Morgan fingerprint density at radius 2 is 2.04 bits per heavy atom. The molecule has 0 bridgehead atoms. The number of aryl methyl sites for hydroxylation is 2. The first kappa shape index (κ1) is 15.6. The predicted molar refractivity (Wildman–Crippen MR) is 79.1 cm³/mol. The first-order chi connectivity index (χ1) is 10.9. The molecular weight excluding hydrogens is 307 g/mol. The van der Waals surface area contributed by atoms with Crippen LogP contribution in [0.2, 0.25) is 0 Å². The Hall–Kier alpha value is -2.31. The summed E-state index contributed by atoms with van der Waals surface area (Å²) in [6.07, 6.45) is -2.76. The van der Waals surface area contributed by atoms with Gasteiger partial charge in [0.1, 0.15) is 6.54 Å². The lowest BCUT2D eigenvalue weighted by molar-refractivity contribution is -0.141. The molecule has 4 nitrogen and oxygen atoms in total. The molecule has 0 atom stereocenters. The lowest BCUT2D eigenvalue weighted by Crippen LogP contribution is -2.38. The quantitative estimate of drug-likeness (QED) is 0.851. The highest BCUT2D eigenvalue weighted by atomic mass is 19.4. The van der Waals surface area contributed by atoms with E-state index in [0.29, 0.717) is 12.2 Å². The van der Waals surface area contributed by atoms with Gasteiger partial charge in [-0.05, 0) is 37.5 Å². The largest absolute Gasteiger partial charge is 0.435 e. The van der Waals surface area contributed by atoms with Crippen LogP contribution in [0.5, 0.6) is 0 Å². The van der Waals surface area contributed by atoms with E-state index in [-0.39, 0.29) is 12.5 Å². The van der Waals surface area contributed by atoms with Crippen LogP contribution in [0.4, 0.5) is 18.9 Å². The van der Waals surface area contributed by atoms with E-state index >= 15 is 0 Å². The highest BCUT2D eigenvalue weighted by Crippen LogP contribution is 2.29. The molecule has 7 heteroatoms. The topological polar surface area (TPSA) is 38.1 Å². The molecule has 0 radical (unpaired) electrons. The molecule has 1 aromatic heterocycles. The third-order valence-corrected chi connectivity index (χ3v) is 3.97. The number of hydrogen-bond acceptors (Lipinski definition) is 2. The maximum absolute atomic E-state index is 12.7. The number of carbonyl (C=O) groups is 1. The van der Waals surface area contributed by atoms with Gasteiger partial charge in [0.15, 0.2) is 5.69 Å². The minimum atomic E-state index is -4.50. The lowest BCUT2D eigenvalue weighted by atomic mass is 10.0. The van der Waals surface area contributed by atoms with Crippen molar-refractivity contribution in [1.82, 2.24) is 9.78 Å². The van der Waals surface area contributed by atoms with Gasteiger partial charge in [-0.2, -0.15) is 18.3 Å². The standard InChI is InChI=1S/C16H16F3N3O/c1-11-9-14(16(17,18)19)20-22(11)10-15(23)21-8-4-6-12-5-2-3-7-13(12)21/h2-3,5,7,9H,4,6,8,10H2,1H3. The van der Waals surface area contributed by atoms with Crippen molar-refractivity contribution in [3.8, 4) is 0 Å². The second kappa shape index (κ2) is 5.72. The molecule has 2 heterocycles. The SMILES string of the molecule is Cc1cc(C(F)(F)F)nn1CC(=O)N1CCCc2ccccc21. The van der Waals surface area contributed by atoms with Crippen molar-refractivity contribution in [1.29, 1.82) is 0 Å². The van der Waals surface area contributed by atoms with Crippen LogP contribution in [0.1, 0.15) is 23.4 Å². The van der Waals surface area contributed by atoms with E-state index in [1.54, 1.807) is 4.90 Å². The van der Waals surface area contributed by atoms with Crippen molar-refractivity contribution in [2.75, 3.05) is 11.4 Å². The number of amides is 1. The second-order valence-corrected chi connectivity index (χ2v) is 5.60. The van der Waals surface area contributed by atoms with Gasteiger partial charge in [-0.3, -0.25) is 9.48 Å². The van der Waals surface area contributed by atoms with Gasteiger partial charge in [-0.1, -0.05) is 18.2 Å². The molecule has 0 unspecified atom stereocenters. The summed E-state index contributed by atoms with van der Waals surface area (Å²) >= 11 is 0. The zero-order valence-corrected chi connectivity index (χ0v) is 12.6. The third kappa shape index (κ3) is 3.09. The number of benzene rings is 1. The van der Waals surface area contributed by atoms with Gasteiger partial charge in [-0.15, -0.1) is 0 Å². The van der Waals surface area contributed by atoms with Crippen LogP contribution in [0, 0.1) is 6.92 Å². The van der Waals surface area contributed by atoms with Gasteiger partial charge in [0.25, 0.3) is 0 Å². The summed E-state index contributed by atoms with van der Waals surface area (Å²) < 4.78 is 39.2. The zero-order valence-electron chi connectivity index (χ0n) is 12.6. The normalized spacial score (nSPS) is 14.7. The van der Waals surface area contributed by atoms with Crippen LogP contribution in [0.25, 0.3) is 0 Å². The molecule has 23 heavy (non-hydrogen) atoms. The Bertz CT molecular complexity index is 736. The third-order valence-electron chi connectivity index (χ3n) is 3.97. The van der Waals surface area contributed by atoms with E-state index in [9.17, 15) is 18.0 Å². The van der Waals surface area contributed by atoms with Crippen molar-refractivity contribution in [3.05, 3.63) is 47.3 Å². The Balaban J connectivity index is 1.82. The molecule has 0 fully saturated rings. The summed E-state index contributed by atoms with van der Waals surface area (Å²) in [5.41, 5.74) is 1.27. The van der Waals surface area contributed by atoms with Crippen LogP contribution in [0.15, 0.2) is 30.3 Å². The van der Waals surface area contributed by atoms with Crippen molar-refractivity contribution in [2.24, 2.45) is 0 Å². The number of anilines is 1. The molecule has 122 valence electrons. The zero-order chi connectivity index (χ0) is 16.6. The van der Waals surface area contributed by atoms with E-state index in [2.05, 4.69) is 5.10 Å². The number of para-hydroxylation sites is 1. The van der Waals surface area contributed by atoms with E-state index in [1.807, 2.05) is 24.3 Å². The van der Waals surface area contributed by atoms with Gasteiger partial charge in [0.05, 0.1) is 0 Å². The van der Waals surface area contributed by atoms with Gasteiger partial charge in [0, 0.05) is 17.9 Å². The fraction of sp³-hybridized carbons (Fsp3) is 0.375. The Kier molecular flexibility index (Phi) is 3.87. The van der Waals surface area contributed by atoms with Crippen LogP contribution in [0.3, 0.4) is 0 Å². The first-order valence-electron chi connectivity index (χ1n) is 7.36. The Morgan fingerprint density at radius 1 is 1.30 bits per heavy atom. The van der Waals surface area contributed by atoms with Gasteiger partial charge >= 0.3 is 6.18 Å². The van der Waals surface area contributed by atoms with Crippen molar-refractivity contribution < 1.29 is 18.0 Å². The second-order valence-electron chi connectivity index (χ2n) is 5.60. The van der Waals surface area contributed by atoms with E-state index in [4.69, 9.17) is 0 Å². The summed E-state index contributed by atoms with van der Waals surface area (Å²) in [7, 11) is 0. The average molecular weight is 323 g/mol. The molecule has 1 aromatic carbocycles. The van der Waals surface area contributed by atoms with Crippen molar-refractivity contribution >= 4 is 11.6 Å². The number of hydrogen-bond donors (Lipinski definition) is 0. The van der Waals surface area contributed by atoms with E-state index in [0.717, 1.165) is 34.8 Å². The highest BCUT2D eigenvalue weighted by molar-refractivity contribution is 5.94. The van der Waals surface area contributed by atoms with Crippen LogP contribution in [-0.2, 0) is 23.9 Å². The molecule has 0 aliphatic carbocycles. The smallest absolute Gasteiger partial charge is 0.311 e. The Morgan fingerprint density at radius 3 is 2.74 bits per heavy atom. The van der Waals surface area contributed by atoms with Gasteiger partial charge in [0.2, 0.25) is 5.91 Å². The van der Waals surface area contributed by atoms with Crippen LogP contribution < -0.4 is 4.90 Å². The van der Waals surface area contributed by atoms with E-state index < -0.39 is 11.9 Å². The van der Waals surface area contributed by atoms with Crippen LogP contribution in [-0.4, -0.2) is 22.2 Å². The number of nitrogens with zero attached hydrogens (tertiary/aromatic N) is 3. The number of aromatic nitrogens is 2. The monoisotopic (exact) mass is 323 g/mol. The average Bonchev–Trinajstić information content (AvgIpc) is 2.88. The predicted octanol–water partition coefficient (Wildman–Crippen LogP) is 3.19. The number of fused-ring (bicyclic) bond motifs is 1. The number of carbonyl (C=O) groups excluding carboxylic acids is 1. The molecule has 0 saturated heterocycles. The molecule has 3 rings (SSSR count). The lowest BCUT2D eigenvalue weighted by Gasteiger charge is -2.29. The molecule has 1 aliphatic heterocycles. The molecule has 0 spiro atoms. The number of halogens is 3. The van der Waals surface area contributed by atoms with E-state index in [1.165, 1.54) is 6.92 Å². The summed E-state index contributed by atoms with van der Waals surface area (Å²) in [4.78, 5) is 14.2. The molecule has 0 saturated carbocycles.